The molecule has 6 heteroatoms. The van der Waals surface area contributed by atoms with E-state index in [9.17, 15) is 0 Å². The van der Waals surface area contributed by atoms with E-state index >= 15 is 0 Å². The molecule has 0 atom stereocenters. The van der Waals surface area contributed by atoms with Gasteiger partial charge < -0.3 is 19.3 Å². The number of pyridine rings is 2. The molecule has 0 bridgehead atoms. The van der Waals surface area contributed by atoms with E-state index < -0.39 is 0 Å². The summed E-state index contributed by atoms with van der Waals surface area (Å²) in [7, 11) is 0. The van der Waals surface area contributed by atoms with Crippen LogP contribution in [0.2, 0.25) is 0 Å². The average molecular weight is 571 g/mol. The van der Waals surface area contributed by atoms with E-state index in [0.29, 0.717) is 23.0 Å². The van der Waals surface area contributed by atoms with E-state index in [4.69, 9.17) is 9.47 Å². The Labute approximate surface area is 255 Å². The number of ether oxygens (including phenoxy) is 2. The van der Waals surface area contributed by atoms with Crippen molar-refractivity contribution in [3.8, 4) is 23.0 Å². The van der Waals surface area contributed by atoms with Crippen molar-refractivity contribution in [1.29, 1.82) is 0 Å². The third-order valence-electron chi connectivity index (χ3n) is 7.63. The molecule has 0 unspecified atom stereocenters. The zero-order valence-electron chi connectivity index (χ0n) is 23.6. The highest BCUT2D eigenvalue weighted by atomic mass is 16.6. The highest BCUT2D eigenvalue weighted by Crippen LogP contribution is 2.61. The van der Waals surface area contributed by atoms with E-state index in [1.165, 1.54) is 0 Å². The molecule has 7 aromatic rings. The molecule has 0 aliphatic carbocycles. The molecule has 44 heavy (non-hydrogen) atoms. The quantitative estimate of drug-likeness (QED) is 0.185. The Hall–Kier alpha value is -6.14. The standard InChI is InChI=1S/C38H26N4O2/c1-3-13-27(14-4-1)41(29-17-11-23-39-25-29)35-31-19-7-8-20-32(31)36(38-37(35)43-33-21-9-10-22-34(33)44-38)42(28-15-5-2-6-16-28)30-18-12-24-40-26-30/h1-26H. The van der Waals surface area contributed by atoms with Crippen molar-refractivity contribution < 1.29 is 9.47 Å². The molecule has 0 fully saturated rings. The zero-order valence-corrected chi connectivity index (χ0v) is 23.6. The van der Waals surface area contributed by atoms with Gasteiger partial charge in [0.25, 0.3) is 0 Å². The summed E-state index contributed by atoms with van der Waals surface area (Å²) < 4.78 is 13.7. The molecule has 0 saturated heterocycles. The van der Waals surface area contributed by atoms with Crippen LogP contribution in [0, 0.1) is 0 Å². The molecule has 3 heterocycles. The summed E-state index contributed by atoms with van der Waals surface area (Å²) in [5.74, 6) is 2.51. The van der Waals surface area contributed by atoms with Crippen molar-refractivity contribution in [1.82, 2.24) is 9.97 Å². The SMILES string of the molecule is c1ccc(N(c2cccnc2)c2c3c(c(N(c4ccccc4)c4cccnc4)c4ccccc24)Oc2ccccc2O3)cc1. The van der Waals surface area contributed by atoms with Gasteiger partial charge in [0.05, 0.1) is 23.8 Å². The Balaban J connectivity index is 1.51. The maximum absolute atomic E-state index is 6.87. The van der Waals surface area contributed by atoms with Gasteiger partial charge in [-0.25, -0.2) is 0 Å². The lowest BCUT2D eigenvalue weighted by Crippen LogP contribution is -2.17. The lowest BCUT2D eigenvalue weighted by atomic mass is 10.00. The predicted molar refractivity (Wildman–Crippen MR) is 175 cm³/mol. The topological polar surface area (TPSA) is 50.7 Å². The molecule has 0 spiro atoms. The second kappa shape index (κ2) is 10.9. The van der Waals surface area contributed by atoms with Gasteiger partial charge in [0, 0.05) is 34.5 Å². The fourth-order valence-electron chi connectivity index (χ4n) is 5.77. The lowest BCUT2D eigenvalue weighted by Gasteiger charge is -2.35. The van der Waals surface area contributed by atoms with Crippen molar-refractivity contribution in [2.45, 2.75) is 0 Å². The minimum absolute atomic E-state index is 0.606. The van der Waals surface area contributed by atoms with E-state index in [1.54, 1.807) is 12.4 Å². The molecule has 0 radical (unpaired) electrons. The number of hydrogen-bond donors (Lipinski definition) is 0. The van der Waals surface area contributed by atoms with Crippen LogP contribution in [-0.2, 0) is 0 Å². The third-order valence-corrected chi connectivity index (χ3v) is 7.63. The largest absolute Gasteiger partial charge is 0.447 e. The second-order valence-corrected chi connectivity index (χ2v) is 10.3. The first-order valence-electron chi connectivity index (χ1n) is 14.4. The summed E-state index contributed by atoms with van der Waals surface area (Å²) in [6.07, 6.45) is 7.30. The van der Waals surface area contributed by atoms with Crippen LogP contribution in [0.1, 0.15) is 0 Å². The van der Waals surface area contributed by atoms with Gasteiger partial charge in [-0.05, 0) is 60.7 Å². The van der Waals surface area contributed by atoms with Crippen LogP contribution in [0.3, 0.4) is 0 Å². The van der Waals surface area contributed by atoms with Crippen LogP contribution >= 0.6 is 0 Å². The van der Waals surface area contributed by atoms with Crippen LogP contribution in [0.25, 0.3) is 10.8 Å². The third kappa shape index (κ3) is 4.37. The van der Waals surface area contributed by atoms with Gasteiger partial charge in [-0.3, -0.25) is 9.97 Å². The number of aromatic nitrogens is 2. The molecule has 8 rings (SSSR count). The molecule has 0 N–H and O–H groups in total. The van der Waals surface area contributed by atoms with Crippen molar-refractivity contribution in [2.75, 3.05) is 9.80 Å². The van der Waals surface area contributed by atoms with Gasteiger partial charge in [0.15, 0.2) is 23.0 Å². The Morgan fingerprint density at radius 1 is 0.386 bits per heavy atom. The number of anilines is 6. The number of para-hydroxylation sites is 4. The molecule has 1 aliphatic heterocycles. The first kappa shape index (κ1) is 25.6. The average Bonchev–Trinajstić information content (AvgIpc) is 3.10. The molecule has 5 aromatic carbocycles. The molecule has 0 saturated carbocycles. The number of rotatable bonds is 6. The van der Waals surface area contributed by atoms with Crippen molar-refractivity contribution in [3.63, 3.8) is 0 Å². The minimum atomic E-state index is 0.606. The minimum Gasteiger partial charge on any atom is -0.447 e. The normalized spacial score (nSPS) is 11.5. The molecule has 210 valence electrons. The van der Waals surface area contributed by atoms with Crippen molar-refractivity contribution >= 4 is 44.9 Å². The number of benzene rings is 5. The molecular formula is C38H26N4O2. The number of hydrogen-bond acceptors (Lipinski definition) is 6. The molecule has 2 aromatic heterocycles. The highest BCUT2D eigenvalue weighted by molar-refractivity contribution is 6.13. The van der Waals surface area contributed by atoms with E-state index in [2.05, 4.69) is 80.4 Å². The molecule has 6 nitrogen and oxygen atoms in total. The predicted octanol–water partition coefficient (Wildman–Crippen LogP) is 10.5. The van der Waals surface area contributed by atoms with Crippen molar-refractivity contribution in [3.05, 3.63) is 158 Å². The van der Waals surface area contributed by atoms with Gasteiger partial charge in [0.2, 0.25) is 0 Å². The molecule has 1 aliphatic rings. The Bertz CT molecular complexity index is 1840. The van der Waals surface area contributed by atoms with Crippen LogP contribution in [0.15, 0.2) is 158 Å². The van der Waals surface area contributed by atoms with Crippen molar-refractivity contribution in [2.24, 2.45) is 0 Å². The summed E-state index contributed by atoms with van der Waals surface area (Å²) in [5.41, 5.74) is 5.44. The maximum atomic E-state index is 6.87. The van der Waals surface area contributed by atoms with Crippen LogP contribution in [-0.4, -0.2) is 9.97 Å². The summed E-state index contributed by atoms with van der Waals surface area (Å²) >= 11 is 0. The van der Waals surface area contributed by atoms with E-state index in [1.807, 2.05) is 85.2 Å². The van der Waals surface area contributed by atoms with Gasteiger partial charge >= 0.3 is 0 Å². The fourth-order valence-corrected chi connectivity index (χ4v) is 5.77. The highest BCUT2D eigenvalue weighted by Gasteiger charge is 2.34. The van der Waals surface area contributed by atoms with Gasteiger partial charge in [0.1, 0.15) is 11.4 Å². The first-order chi connectivity index (χ1) is 21.9. The van der Waals surface area contributed by atoms with Crippen LogP contribution in [0.4, 0.5) is 34.1 Å². The summed E-state index contributed by atoms with van der Waals surface area (Å²) in [5, 5.41) is 1.98. The zero-order chi connectivity index (χ0) is 29.3. The summed E-state index contributed by atoms with van der Waals surface area (Å²) in [6.45, 7) is 0. The number of nitrogens with zero attached hydrogens (tertiary/aromatic N) is 4. The second-order valence-electron chi connectivity index (χ2n) is 10.3. The molecule has 0 amide bonds. The van der Waals surface area contributed by atoms with Gasteiger partial charge in [-0.2, -0.15) is 0 Å². The summed E-state index contributed by atoms with van der Waals surface area (Å²) in [4.78, 5) is 13.3. The molecular weight excluding hydrogens is 544 g/mol. The maximum Gasteiger partial charge on any atom is 0.196 e. The fraction of sp³-hybridized carbons (Fsp3) is 0. The van der Waals surface area contributed by atoms with E-state index in [-0.39, 0.29) is 0 Å². The Kier molecular flexibility index (Phi) is 6.35. The lowest BCUT2D eigenvalue weighted by molar-refractivity contribution is 0.362. The first-order valence-corrected chi connectivity index (χ1v) is 14.4. The van der Waals surface area contributed by atoms with Gasteiger partial charge in [-0.1, -0.05) is 72.8 Å². The number of fused-ring (bicyclic) bond motifs is 3. The smallest absolute Gasteiger partial charge is 0.196 e. The van der Waals surface area contributed by atoms with Crippen LogP contribution in [0.5, 0.6) is 23.0 Å². The Morgan fingerprint density at radius 3 is 1.18 bits per heavy atom. The monoisotopic (exact) mass is 570 g/mol. The Morgan fingerprint density at radius 2 is 0.773 bits per heavy atom. The van der Waals surface area contributed by atoms with Gasteiger partial charge in [-0.15, -0.1) is 0 Å². The van der Waals surface area contributed by atoms with E-state index in [0.717, 1.165) is 44.9 Å². The summed E-state index contributed by atoms with van der Waals surface area (Å²) in [6, 6.07) is 44.7. The van der Waals surface area contributed by atoms with Crippen LogP contribution < -0.4 is 19.3 Å².